The van der Waals surface area contributed by atoms with Crippen LogP contribution in [0.5, 0.6) is 0 Å². The monoisotopic (exact) mass is 269 g/mol. The van der Waals surface area contributed by atoms with Gasteiger partial charge in [-0.3, -0.25) is 9.59 Å². The van der Waals surface area contributed by atoms with Gasteiger partial charge in [-0.25, -0.2) is 0 Å². The summed E-state index contributed by atoms with van der Waals surface area (Å²) in [5.41, 5.74) is 5.86. The predicted octanol–water partition coefficient (Wildman–Crippen LogP) is 0.879. The van der Waals surface area contributed by atoms with Crippen LogP contribution in [0.15, 0.2) is 0 Å². The van der Waals surface area contributed by atoms with Gasteiger partial charge in [-0.2, -0.15) is 0 Å². The fraction of sp³-hybridized carbons (Fsp3) is 0.857. The van der Waals surface area contributed by atoms with E-state index in [1.165, 1.54) is 4.90 Å². The molecule has 0 aromatic carbocycles. The van der Waals surface area contributed by atoms with Crippen LogP contribution in [0.3, 0.4) is 0 Å². The van der Waals surface area contributed by atoms with Crippen LogP contribution >= 0.6 is 0 Å². The second-order valence-corrected chi connectivity index (χ2v) is 5.52. The molecule has 19 heavy (non-hydrogen) atoms. The zero-order valence-electron chi connectivity index (χ0n) is 12.2. The number of amides is 2. The van der Waals surface area contributed by atoms with E-state index in [2.05, 4.69) is 5.32 Å². The fourth-order valence-electron chi connectivity index (χ4n) is 2.55. The molecule has 0 radical (unpaired) electrons. The van der Waals surface area contributed by atoms with Gasteiger partial charge in [-0.15, -0.1) is 0 Å². The number of hydrogen-bond donors (Lipinski definition) is 2. The van der Waals surface area contributed by atoms with E-state index in [4.69, 9.17) is 5.73 Å². The largest absolute Gasteiger partial charge is 0.355 e. The average molecular weight is 269 g/mol. The summed E-state index contributed by atoms with van der Waals surface area (Å²) in [6.45, 7) is 2.62. The van der Waals surface area contributed by atoms with Gasteiger partial charge >= 0.3 is 0 Å². The number of nitrogens with zero attached hydrogens (tertiary/aromatic N) is 1. The van der Waals surface area contributed by atoms with E-state index in [1.807, 2.05) is 6.92 Å². The van der Waals surface area contributed by atoms with Gasteiger partial charge < -0.3 is 16.0 Å². The second kappa shape index (κ2) is 8.15. The van der Waals surface area contributed by atoms with Crippen LogP contribution in [0.2, 0.25) is 0 Å². The van der Waals surface area contributed by atoms with E-state index in [9.17, 15) is 9.59 Å². The van der Waals surface area contributed by atoms with Gasteiger partial charge in [-0.05, 0) is 44.9 Å². The van der Waals surface area contributed by atoms with Crippen molar-refractivity contribution in [1.82, 2.24) is 10.2 Å². The van der Waals surface area contributed by atoms with Gasteiger partial charge in [0.1, 0.15) is 0 Å². The molecule has 1 aliphatic rings. The summed E-state index contributed by atoms with van der Waals surface area (Å²) >= 11 is 0. The van der Waals surface area contributed by atoms with Crippen LogP contribution in [0, 0.1) is 5.92 Å². The van der Waals surface area contributed by atoms with Crippen LogP contribution in [-0.4, -0.2) is 42.9 Å². The number of nitrogens with two attached hydrogens (primary N) is 1. The highest BCUT2D eigenvalue weighted by molar-refractivity contribution is 5.84. The van der Waals surface area contributed by atoms with Crippen LogP contribution in [0.1, 0.15) is 45.4 Å². The summed E-state index contributed by atoms with van der Waals surface area (Å²) < 4.78 is 0. The molecule has 1 fully saturated rings. The molecule has 0 bridgehead atoms. The zero-order valence-corrected chi connectivity index (χ0v) is 12.2. The maximum Gasteiger partial charge on any atom is 0.239 e. The summed E-state index contributed by atoms with van der Waals surface area (Å²) in [5, 5.41) is 2.69. The number of nitrogens with one attached hydrogen (secondary N) is 1. The first-order valence-corrected chi connectivity index (χ1v) is 7.29. The molecular weight excluding hydrogens is 242 g/mol. The third-order valence-electron chi connectivity index (χ3n) is 3.84. The summed E-state index contributed by atoms with van der Waals surface area (Å²) in [5.74, 6) is 0.588. The molecule has 1 rings (SSSR count). The molecule has 5 nitrogen and oxygen atoms in total. The Hall–Kier alpha value is -1.10. The zero-order chi connectivity index (χ0) is 14.3. The van der Waals surface area contributed by atoms with Crippen molar-refractivity contribution in [3.05, 3.63) is 0 Å². The van der Waals surface area contributed by atoms with Crippen LogP contribution in [-0.2, 0) is 9.59 Å². The number of carbonyl (C=O) groups is 2. The summed E-state index contributed by atoms with van der Waals surface area (Å²) in [4.78, 5) is 24.8. The Kier molecular flexibility index (Phi) is 6.84. The minimum Gasteiger partial charge on any atom is -0.355 e. The Balaban J connectivity index is 2.21. The van der Waals surface area contributed by atoms with Crippen molar-refractivity contribution in [2.24, 2.45) is 11.7 Å². The molecule has 0 aliphatic heterocycles. The van der Waals surface area contributed by atoms with E-state index in [0.29, 0.717) is 24.9 Å². The van der Waals surface area contributed by atoms with Gasteiger partial charge in [0.2, 0.25) is 11.8 Å². The topological polar surface area (TPSA) is 75.4 Å². The quantitative estimate of drug-likeness (QED) is 0.751. The van der Waals surface area contributed by atoms with Gasteiger partial charge in [0.25, 0.3) is 0 Å². The minimum atomic E-state index is -0.0954. The SMILES string of the molecule is CCNC(=O)CN(C)C(=O)CCC1CCC(N)CC1. The standard InChI is InChI=1S/C14H27N3O2/c1-3-16-13(18)10-17(2)14(19)9-6-11-4-7-12(15)8-5-11/h11-12H,3-10,15H2,1-2H3,(H,16,18). The van der Waals surface area contributed by atoms with E-state index in [-0.39, 0.29) is 18.4 Å². The summed E-state index contributed by atoms with van der Waals surface area (Å²) in [6, 6.07) is 0.354. The van der Waals surface area contributed by atoms with Gasteiger partial charge in [-0.1, -0.05) is 0 Å². The first-order valence-electron chi connectivity index (χ1n) is 7.29. The first kappa shape index (κ1) is 16.0. The highest BCUT2D eigenvalue weighted by Gasteiger charge is 2.20. The Labute approximate surface area is 115 Å². The van der Waals surface area contributed by atoms with Gasteiger partial charge in [0.15, 0.2) is 0 Å². The highest BCUT2D eigenvalue weighted by atomic mass is 16.2. The van der Waals surface area contributed by atoms with E-state index in [0.717, 1.165) is 32.1 Å². The number of likely N-dealkylation sites (N-methyl/N-ethyl adjacent to an activating group) is 2. The molecule has 1 aliphatic carbocycles. The Bertz CT molecular complexity index is 299. The highest BCUT2D eigenvalue weighted by Crippen LogP contribution is 2.26. The minimum absolute atomic E-state index is 0.0566. The summed E-state index contributed by atoms with van der Waals surface area (Å²) in [7, 11) is 1.69. The molecule has 0 atom stereocenters. The number of hydrogen-bond acceptors (Lipinski definition) is 3. The third-order valence-corrected chi connectivity index (χ3v) is 3.84. The van der Waals surface area contributed by atoms with Crippen molar-refractivity contribution in [3.63, 3.8) is 0 Å². The predicted molar refractivity (Wildman–Crippen MR) is 75.5 cm³/mol. The van der Waals surface area contributed by atoms with Crippen molar-refractivity contribution in [3.8, 4) is 0 Å². The molecule has 110 valence electrons. The van der Waals surface area contributed by atoms with E-state index in [1.54, 1.807) is 7.05 Å². The molecule has 1 saturated carbocycles. The lowest BCUT2D eigenvalue weighted by atomic mass is 9.84. The summed E-state index contributed by atoms with van der Waals surface area (Å²) in [6.07, 6.45) is 5.88. The van der Waals surface area contributed by atoms with Crippen molar-refractivity contribution < 1.29 is 9.59 Å². The number of carbonyl (C=O) groups excluding carboxylic acids is 2. The molecule has 0 heterocycles. The second-order valence-electron chi connectivity index (χ2n) is 5.52. The molecule has 0 saturated heterocycles. The Morgan fingerprint density at radius 1 is 1.26 bits per heavy atom. The van der Waals surface area contributed by atoms with Crippen molar-refractivity contribution in [2.75, 3.05) is 20.1 Å². The van der Waals surface area contributed by atoms with E-state index >= 15 is 0 Å². The molecule has 3 N–H and O–H groups in total. The lowest BCUT2D eigenvalue weighted by Gasteiger charge is -2.26. The lowest BCUT2D eigenvalue weighted by Crippen LogP contribution is -2.38. The normalized spacial score (nSPS) is 22.9. The van der Waals surface area contributed by atoms with Crippen LogP contribution in [0.25, 0.3) is 0 Å². The molecular formula is C14H27N3O2. The maximum atomic E-state index is 11.9. The van der Waals surface area contributed by atoms with Gasteiger partial charge in [0, 0.05) is 26.1 Å². The molecule has 0 aromatic heterocycles. The molecule has 0 aromatic rings. The van der Waals surface area contributed by atoms with E-state index < -0.39 is 0 Å². The third kappa shape index (κ3) is 6.05. The lowest BCUT2D eigenvalue weighted by molar-refractivity contribution is -0.135. The molecule has 0 unspecified atom stereocenters. The van der Waals surface area contributed by atoms with Crippen molar-refractivity contribution in [2.45, 2.75) is 51.5 Å². The average Bonchev–Trinajstić information content (AvgIpc) is 2.37. The van der Waals surface area contributed by atoms with Gasteiger partial charge in [0.05, 0.1) is 6.54 Å². The Morgan fingerprint density at radius 3 is 2.47 bits per heavy atom. The number of rotatable bonds is 6. The van der Waals surface area contributed by atoms with Crippen molar-refractivity contribution >= 4 is 11.8 Å². The first-order chi connectivity index (χ1) is 9.02. The van der Waals surface area contributed by atoms with Crippen molar-refractivity contribution in [1.29, 1.82) is 0 Å². The fourth-order valence-corrected chi connectivity index (χ4v) is 2.55. The molecule has 2 amide bonds. The maximum absolute atomic E-state index is 11.9. The van der Waals surface area contributed by atoms with Crippen LogP contribution < -0.4 is 11.1 Å². The smallest absolute Gasteiger partial charge is 0.239 e. The van der Waals surface area contributed by atoms with Crippen LogP contribution in [0.4, 0.5) is 0 Å². The molecule has 0 spiro atoms. The Morgan fingerprint density at radius 2 is 1.89 bits per heavy atom. The molecule has 5 heteroatoms.